The third-order valence-electron chi connectivity index (χ3n) is 8.37. The summed E-state index contributed by atoms with van der Waals surface area (Å²) in [6, 6.07) is 26.4. The summed E-state index contributed by atoms with van der Waals surface area (Å²) >= 11 is 15.9. The number of esters is 1. The van der Waals surface area contributed by atoms with Gasteiger partial charge in [-0.2, -0.15) is 12.6 Å². The molecule has 11 N–H and O–H groups in total. The van der Waals surface area contributed by atoms with Crippen molar-refractivity contribution >= 4 is 123 Å². The number of carboxylic acid groups (broad SMARTS) is 8. The number of thiol groups is 1. The smallest absolute Gasteiger partial charge is 0.339 e. The van der Waals surface area contributed by atoms with Gasteiger partial charge in [0.25, 0.3) is 0 Å². The Balaban J connectivity index is -0.000000424. The molecule has 1 heterocycles. The highest BCUT2D eigenvalue weighted by atomic mass is 35.5. The van der Waals surface area contributed by atoms with Crippen molar-refractivity contribution < 1.29 is 99.0 Å². The number of ether oxygens (including phenoxy) is 1. The second kappa shape index (κ2) is 52.7. The Labute approximate surface area is 486 Å². The number of nitrogens with one attached hydrogen (secondary N) is 1. The SMILES string of the molecule is CCCC(=O)[O-].CCCC(=O)[O-].COC(=O)/C=C/C(=O)O.NCCS.O=C(O)CCCC[C@@H]1CCSS1.O=C(O)CO.O=C(O)Cc1ccccc1Nc1c(Cl)cccc1Cl.O=C(O)c1ccccc1.O=C(O)c1ccccc1O. The Hall–Kier alpha value is -7.00. The van der Waals surface area contributed by atoms with Gasteiger partial charge in [0.2, 0.25) is 0 Å². The lowest BCUT2D eigenvalue weighted by atomic mass is 10.1. The van der Waals surface area contributed by atoms with Crippen LogP contribution in [0.15, 0.2) is 109 Å². The molecule has 0 radical (unpaired) electrons. The van der Waals surface area contributed by atoms with Crippen LogP contribution in [0, 0.1) is 0 Å². The summed E-state index contributed by atoms with van der Waals surface area (Å²) in [6.45, 7) is 3.51. The highest BCUT2D eigenvalue weighted by Crippen LogP contribution is 2.40. The maximum absolute atomic E-state index is 10.8. The minimum Gasteiger partial charge on any atom is -0.550 e. The number of anilines is 2. The first-order valence-electron chi connectivity index (χ1n) is 23.6. The van der Waals surface area contributed by atoms with Crippen LogP contribution in [0.2, 0.25) is 10.0 Å². The topological polar surface area (TPSA) is 409 Å². The fourth-order valence-electron chi connectivity index (χ4n) is 4.77. The van der Waals surface area contributed by atoms with Crippen molar-refractivity contribution in [1.29, 1.82) is 0 Å². The van der Waals surface area contributed by atoms with E-state index in [9.17, 15) is 48.6 Å². The van der Waals surface area contributed by atoms with Crippen LogP contribution in [0.5, 0.6) is 5.75 Å². The standard InChI is InChI=1S/C14H11Cl2NO2.C8H14O2S2.C7H6O3.C7H6O2.C5H6O4.2C4H8O2.C2H7NS.C2H4O3/c15-10-5-3-6-11(16)14(10)17-12-7-2-1-4-9(12)8-13(18)19;9-8(10)4-2-1-3-7-5-6-11-12-7;8-6-4-2-1-3-5(6)7(9)10;8-7(9)6-4-2-1-3-5-6;1-9-5(8)3-2-4(6)7;2*1-2-3-4(5)6;3-1-2-4;3-1-2(4)5/h1-7,17H,8H2,(H,18,19);7H,1-6H2,(H,9,10);1-4,8H,(H,9,10);1-5H,(H,8,9);2-3H,1H3,(H,6,7);2*2-3H2,1H3,(H,5,6);4H,1-3H2;3H,1H2,(H,4,5)/p-2/b;;;;3-2+;;;;/t;7-;;;;;;;/m.1......./s1. The molecule has 1 aliphatic rings. The number of halogens is 2. The fraction of sp³-hybridized carbons (Fsp3) is 0.340. The highest BCUT2D eigenvalue weighted by Gasteiger charge is 2.16. The number of carboxylic acids is 8. The summed E-state index contributed by atoms with van der Waals surface area (Å²) in [5.41, 5.74) is 7.14. The normalized spacial score (nSPS) is 11.1. The monoisotopic (exact) mass is 1220 g/mol. The number of aliphatic hydroxyl groups excluding tert-OH is 1. The van der Waals surface area contributed by atoms with E-state index in [1.807, 2.05) is 27.7 Å². The number of carbonyl (C=O) groups excluding carboxylic acids is 3. The zero-order chi connectivity index (χ0) is 61.8. The molecule has 0 aromatic heterocycles. The molecule has 0 unspecified atom stereocenters. The molecule has 4 aromatic rings. The molecular formula is C53H68Cl2N2O20S3-2. The average Bonchev–Trinajstić information content (AvgIpc) is 3.94. The number of rotatable bonds is 19. The van der Waals surface area contributed by atoms with Gasteiger partial charge in [0.05, 0.1) is 34.8 Å². The van der Waals surface area contributed by atoms with Crippen molar-refractivity contribution in [2.75, 3.05) is 37.1 Å². The van der Waals surface area contributed by atoms with Gasteiger partial charge < -0.3 is 76.4 Å². The molecule has 0 spiro atoms. The number of carbonyl (C=O) groups is 9. The molecule has 0 amide bonds. The van der Waals surface area contributed by atoms with Crippen LogP contribution in [0.1, 0.15) is 97.9 Å². The zero-order valence-corrected chi connectivity index (χ0v) is 48.0. The molecule has 0 saturated carbocycles. The number of hydrogen-bond donors (Lipinski definition) is 11. The molecule has 444 valence electrons. The Morgan fingerprint density at radius 1 is 0.713 bits per heavy atom. The summed E-state index contributed by atoms with van der Waals surface area (Å²) in [4.78, 5) is 89.4. The number of aliphatic carboxylic acids is 6. The van der Waals surface area contributed by atoms with E-state index in [1.54, 1.807) is 92.7 Å². The Morgan fingerprint density at radius 2 is 1.23 bits per heavy atom. The lowest BCUT2D eigenvalue weighted by molar-refractivity contribution is -0.307. The number of benzene rings is 4. The van der Waals surface area contributed by atoms with Crippen LogP contribution in [-0.4, -0.2) is 132 Å². The minimum atomic E-state index is -1.19. The van der Waals surface area contributed by atoms with Crippen LogP contribution in [0.4, 0.5) is 11.4 Å². The van der Waals surface area contributed by atoms with E-state index in [0.717, 1.165) is 29.9 Å². The van der Waals surface area contributed by atoms with Crippen molar-refractivity contribution in [3.05, 3.63) is 136 Å². The number of aromatic hydroxyl groups is 1. The second-order valence-electron chi connectivity index (χ2n) is 14.9. The van der Waals surface area contributed by atoms with E-state index in [1.165, 1.54) is 37.8 Å². The maximum Gasteiger partial charge on any atom is 0.339 e. The van der Waals surface area contributed by atoms with Gasteiger partial charge in [0.15, 0.2) is 0 Å². The van der Waals surface area contributed by atoms with Gasteiger partial charge >= 0.3 is 41.8 Å². The van der Waals surface area contributed by atoms with Crippen molar-refractivity contribution in [3.63, 3.8) is 0 Å². The van der Waals surface area contributed by atoms with E-state index in [4.69, 9.17) is 74.6 Å². The minimum absolute atomic E-state index is 0.0642. The molecule has 0 bridgehead atoms. The van der Waals surface area contributed by atoms with Crippen molar-refractivity contribution in [2.45, 2.75) is 83.3 Å². The number of para-hydroxylation sites is 3. The van der Waals surface area contributed by atoms with Gasteiger partial charge in [0, 0.05) is 59.5 Å². The molecule has 0 aliphatic carbocycles. The van der Waals surface area contributed by atoms with Gasteiger partial charge in [-0.25, -0.2) is 24.0 Å². The zero-order valence-electron chi connectivity index (χ0n) is 43.9. The molecular weight excluding hydrogens is 1150 g/mol. The fourth-order valence-corrected chi connectivity index (χ4v) is 8.29. The molecule has 27 heteroatoms. The van der Waals surface area contributed by atoms with Crippen molar-refractivity contribution in [2.24, 2.45) is 5.73 Å². The van der Waals surface area contributed by atoms with E-state index in [0.29, 0.717) is 64.4 Å². The van der Waals surface area contributed by atoms with Crippen LogP contribution in [-0.2, 0) is 44.7 Å². The molecule has 1 atom stereocenters. The number of aliphatic hydroxyl groups is 1. The Morgan fingerprint density at radius 3 is 1.59 bits per heavy atom. The maximum atomic E-state index is 10.8. The van der Waals surface area contributed by atoms with Gasteiger partial charge in [-0.05, 0) is 80.1 Å². The van der Waals surface area contributed by atoms with Gasteiger partial charge in [-0.15, -0.1) is 0 Å². The number of aromatic carboxylic acids is 2. The van der Waals surface area contributed by atoms with Crippen LogP contribution < -0.4 is 21.3 Å². The van der Waals surface area contributed by atoms with E-state index >= 15 is 0 Å². The first-order chi connectivity index (χ1) is 37.8. The van der Waals surface area contributed by atoms with E-state index < -0.39 is 60.3 Å². The number of methoxy groups -OCH3 is 1. The Kier molecular flexibility index (Phi) is 52.3. The quantitative estimate of drug-likeness (QED) is 0.0143. The van der Waals surface area contributed by atoms with Gasteiger partial charge in [0.1, 0.15) is 17.9 Å². The third-order valence-corrected chi connectivity index (χ3v) is 12.3. The second-order valence-corrected chi connectivity index (χ2v) is 19.0. The number of nitrogens with two attached hydrogens (primary N) is 1. The summed E-state index contributed by atoms with van der Waals surface area (Å²) in [7, 11) is 5.09. The number of phenols is 1. The number of hydrogen-bond acceptors (Lipinski definition) is 19. The molecule has 1 fully saturated rings. The average molecular weight is 1220 g/mol. The predicted molar refractivity (Wildman–Crippen MR) is 307 cm³/mol. The summed E-state index contributed by atoms with van der Waals surface area (Å²) in [6.07, 6.45) is 7.95. The largest absolute Gasteiger partial charge is 0.550 e. The summed E-state index contributed by atoms with van der Waals surface area (Å²) in [5, 5.41) is 89.8. The summed E-state index contributed by atoms with van der Waals surface area (Å²) in [5.74, 6) is -6.63. The molecule has 1 saturated heterocycles. The Bertz CT molecular complexity index is 2410. The third kappa shape index (κ3) is 50.5. The molecule has 4 aromatic carbocycles. The van der Waals surface area contributed by atoms with Crippen molar-refractivity contribution in [1.82, 2.24) is 0 Å². The highest BCUT2D eigenvalue weighted by molar-refractivity contribution is 8.77. The lowest BCUT2D eigenvalue weighted by Gasteiger charge is -2.13. The molecule has 5 rings (SSSR count). The van der Waals surface area contributed by atoms with Gasteiger partial charge in [-0.3, -0.25) is 9.59 Å². The van der Waals surface area contributed by atoms with E-state index in [2.05, 4.69) is 22.7 Å². The van der Waals surface area contributed by atoms with Crippen LogP contribution in [0.25, 0.3) is 0 Å². The summed E-state index contributed by atoms with van der Waals surface area (Å²) < 4.78 is 4.11. The lowest BCUT2D eigenvalue weighted by Crippen LogP contribution is -2.20. The van der Waals surface area contributed by atoms with Crippen LogP contribution >= 0.6 is 57.4 Å². The molecule has 1 aliphatic heterocycles. The van der Waals surface area contributed by atoms with Gasteiger partial charge in [-0.1, -0.05) is 132 Å². The van der Waals surface area contributed by atoms with E-state index in [-0.39, 0.29) is 30.6 Å². The number of unbranched alkanes of at least 4 members (excludes halogenated alkanes) is 1. The first-order valence-corrected chi connectivity index (χ1v) is 27.4. The molecule has 22 nitrogen and oxygen atoms in total. The molecule has 80 heavy (non-hydrogen) atoms. The van der Waals surface area contributed by atoms with Crippen LogP contribution in [0.3, 0.4) is 0 Å². The first kappa shape index (κ1) is 79.5. The predicted octanol–water partition coefficient (Wildman–Crippen LogP) is 7.44. The van der Waals surface area contributed by atoms with Crippen molar-refractivity contribution in [3.8, 4) is 5.75 Å².